The summed E-state index contributed by atoms with van der Waals surface area (Å²) >= 11 is 6.42. The normalized spacial score (nSPS) is 30.6. The lowest BCUT2D eigenvalue weighted by atomic mass is 9.68. The Balaban J connectivity index is 1.40. The van der Waals surface area contributed by atoms with Gasteiger partial charge in [0.2, 0.25) is 10.0 Å². The van der Waals surface area contributed by atoms with E-state index in [1.54, 1.807) is 19.2 Å². The van der Waals surface area contributed by atoms with E-state index in [9.17, 15) is 13.2 Å². The van der Waals surface area contributed by atoms with Crippen LogP contribution in [0.2, 0.25) is 5.02 Å². The van der Waals surface area contributed by atoms with E-state index >= 15 is 0 Å². The summed E-state index contributed by atoms with van der Waals surface area (Å²) in [6.07, 6.45) is 9.80. The minimum atomic E-state index is -3.83. The molecule has 2 aliphatic heterocycles. The van der Waals surface area contributed by atoms with Gasteiger partial charge >= 0.3 is 0 Å². The molecule has 2 heterocycles. The summed E-state index contributed by atoms with van der Waals surface area (Å²) in [5.41, 5.74) is 3.43. The van der Waals surface area contributed by atoms with Gasteiger partial charge in [-0.1, -0.05) is 36.7 Å². The van der Waals surface area contributed by atoms with Crippen molar-refractivity contribution in [2.75, 3.05) is 50.7 Å². The third-order valence-electron chi connectivity index (χ3n) is 9.87. The van der Waals surface area contributed by atoms with Crippen molar-refractivity contribution in [1.29, 1.82) is 0 Å². The Morgan fingerprint density at radius 2 is 2.02 bits per heavy atom. The van der Waals surface area contributed by atoms with E-state index in [0.717, 1.165) is 55.9 Å². The van der Waals surface area contributed by atoms with E-state index in [2.05, 4.69) is 27.8 Å². The minimum absolute atomic E-state index is 0.0825. The highest BCUT2D eigenvalue weighted by molar-refractivity contribution is 7.90. The van der Waals surface area contributed by atoms with Crippen molar-refractivity contribution in [2.45, 2.75) is 57.0 Å². The maximum absolute atomic E-state index is 13.3. The number of aryl methyl sites for hydroxylation is 1. The molecule has 5 atom stereocenters. The lowest BCUT2D eigenvalue weighted by Gasteiger charge is -2.46. The van der Waals surface area contributed by atoms with Crippen LogP contribution in [0.5, 0.6) is 5.75 Å². The molecule has 1 unspecified atom stereocenters. The summed E-state index contributed by atoms with van der Waals surface area (Å²) < 4.78 is 46.5. The summed E-state index contributed by atoms with van der Waals surface area (Å²) in [5.74, 6) is 0.486. The zero-order chi connectivity index (χ0) is 30.9. The quantitative estimate of drug-likeness (QED) is 0.346. The van der Waals surface area contributed by atoms with Gasteiger partial charge in [0.1, 0.15) is 5.75 Å². The number of anilines is 1. The molecule has 6 rings (SSSR count). The average Bonchev–Trinajstić information content (AvgIpc) is 3.11. The van der Waals surface area contributed by atoms with Crippen molar-refractivity contribution in [3.8, 4) is 5.75 Å². The van der Waals surface area contributed by atoms with Gasteiger partial charge in [-0.15, -0.1) is 0 Å². The van der Waals surface area contributed by atoms with Crippen LogP contribution in [0.15, 0.2) is 48.6 Å². The number of carbonyl (C=O) groups excluding carboxylic acids is 1. The number of carbonyl (C=O) groups is 1. The lowest BCUT2D eigenvalue weighted by molar-refractivity contribution is -0.0309. The van der Waals surface area contributed by atoms with Crippen LogP contribution >= 0.6 is 11.6 Å². The molecule has 1 spiro atoms. The number of rotatable bonds is 4. The van der Waals surface area contributed by atoms with Gasteiger partial charge in [-0.05, 0) is 97.7 Å². The summed E-state index contributed by atoms with van der Waals surface area (Å²) in [6, 6.07) is 11.5. The maximum Gasteiger partial charge on any atom is 0.264 e. The van der Waals surface area contributed by atoms with Crippen LogP contribution in [0.25, 0.3) is 0 Å². The third kappa shape index (κ3) is 6.66. The maximum atomic E-state index is 13.3. The van der Waals surface area contributed by atoms with Crippen LogP contribution in [0.4, 0.5) is 5.69 Å². The van der Waals surface area contributed by atoms with Gasteiger partial charge < -0.3 is 19.1 Å². The Morgan fingerprint density at radius 3 is 2.82 bits per heavy atom. The second-order valence-corrected chi connectivity index (χ2v) is 15.3. The fraction of sp³-hybridized carbons (Fsp3) is 0.559. The van der Waals surface area contributed by atoms with Crippen LogP contribution in [0.3, 0.4) is 0 Å². The van der Waals surface area contributed by atoms with Crippen molar-refractivity contribution in [3.63, 3.8) is 0 Å². The zero-order valence-corrected chi connectivity index (χ0v) is 27.2. The molecule has 0 aromatic heterocycles. The molecule has 2 aliphatic carbocycles. The number of benzene rings is 2. The van der Waals surface area contributed by atoms with E-state index in [0.29, 0.717) is 49.4 Å². The Hall–Kier alpha value is -2.59. The van der Waals surface area contributed by atoms with Crippen molar-refractivity contribution in [2.24, 2.45) is 17.8 Å². The Bertz CT molecular complexity index is 1510. The molecule has 2 aromatic rings. The predicted molar refractivity (Wildman–Crippen MR) is 172 cm³/mol. The number of hydrogen-bond acceptors (Lipinski definition) is 7. The number of ether oxygens (including phenoxy) is 3. The first-order valence-corrected chi connectivity index (χ1v) is 17.8. The fourth-order valence-electron chi connectivity index (χ4n) is 7.51. The summed E-state index contributed by atoms with van der Waals surface area (Å²) in [6.45, 7) is 4.92. The SMILES string of the molecule is COCCO[C@H]1/C=C/CC(C)CS(=O)(=O)NC(=O)c2ccc3c(c2)N(C[C@@H]2CC[C@H]21)C[C@@]1(CCCc2cc(Cl)ccc21)CO3. The van der Waals surface area contributed by atoms with Gasteiger partial charge in [0.25, 0.3) is 5.91 Å². The largest absolute Gasteiger partial charge is 0.490 e. The van der Waals surface area contributed by atoms with Crippen LogP contribution in [-0.4, -0.2) is 66.2 Å². The summed E-state index contributed by atoms with van der Waals surface area (Å²) in [7, 11) is -2.16. The second-order valence-electron chi connectivity index (χ2n) is 13.1. The first kappa shape index (κ1) is 31.4. The molecule has 1 saturated carbocycles. The highest BCUT2D eigenvalue weighted by Crippen LogP contribution is 2.47. The number of nitrogens with one attached hydrogen (secondary N) is 1. The van der Waals surface area contributed by atoms with Crippen molar-refractivity contribution >= 4 is 33.2 Å². The summed E-state index contributed by atoms with van der Waals surface area (Å²) in [4.78, 5) is 15.7. The second kappa shape index (κ2) is 13.0. The monoisotopic (exact) mass is 642 g/mol. The van der Waals surface area contributed by atoms with E-state index in [4.69, 9.17) is 25.8 Å². The van der Waals surface area contributed by atoms with Crippen LogP contribution in [-0.2, 0) is 31.3 Å². The first-order valence-electron chi connectivity index (χ1n) is 15.8. The molecule has 4 aliphatic rings. The molecular formula is C34H43ClN2O6S. The minimum Gasteiger partial charge on any atom is -0.490 e. The van der Waals surface area contributed by atoms with E-state index in [1.165, 1.54) is 11.1 Å². The molecule has 1 N–H and O–H groups in total. The van der Waals surface area contributed by atoms with Crippen molar-refractivity contribution in [3.05, 3.63) is 70.3 Å². The van der Waals surface area contributed by atoms with Gasteiger partial charge in [0, 0.05) is 36.2 Å². The zero-order valence-electron chi connectivity index (χ0n) is 25.6. The predicted octanol–water partition coefficient (Wildman–Crippen LogP) is 5.53. The van der Waals surface area contributed by atoms with Gasteiger partial charge in [0.15, 0.2) is 0 Å². The smallest absolute Gasteiger partial charge is 0.264 e. The molecule has 10 heteroatoms. The van der Waals surface area contributed by atoms with E-state index < -0.39 is 15.9 Å². The number of nitrogens with zero attached hydrogens (tertiary/aromatic N) is 1. The molecule has 1 amide bonds. The van der Waals surface area contributed by atoms with Crippen LogP contribution in [0.1, 0.15) is 60.5 Å². The number of amides is 1. The standard InChI is InChI=1S/C34H43ClN2O6S/c1-23-5-3-7-31(42-16-15-41-2)28-11-8-26(28)19-37-21-34(14-4-6-24-17-27(35)10-12-29(24)34)22-43-32-13-9-25(18-30(32)37)33(38)36-44(39,40)20-23/h3,7,9-10,12-13,17-18,23,26,28,31H,4-6,8,11,14-16,19-22H2,1-2H3,(H,36,38)/b7-3+/t23?,26-,28+,31-,34-/m0/s1. The number of halogens is 1. The molecule has 1 fully saturated rings. The van der Waals surface area contributed by atoms with Crippen molar-refractivity contribution < 1.29 is 27.4 Å². The molecule has 44 heavy (non-hydrogen) atoms. The fourth-order valence-corrected chi connectivity index (χ4v) is 9.07. The number of sulfonamides is 1. The Labute approximate surface area is 266 Å². The van der Waals surface area contributed by atoms with Gasteiger partial charge in [-0.2, -0.15) is 0 Å². The third-order valence-corrected chi connectivity index (χ3v) is 11.6. The number of fused-ring (bicyclic) bond motifs is 4. The lowest BCUT2D eigenvalue weighted by Crippen LogP contribution is -2.49. The highest BCUT2D eigenvalue weighted by atomic mass is 35.5. The van der Waals surface area contributed by atoms with E-state index in [1.807, 2.05) is 25.1 Å². The Morgan fingerprint density at radius 1 is 1.16 bits per heavy atom. The molecule has 2 aromatic carbocycles. The number of allylic oxidation sites excluding steroid dienone is 1. The van der Waals surface area contributed by atoms with Gasteiger partial charge in [0.05, 0.1) is 37.4 Å². The number of methoxy groups -OCH3 is 1. The highest BCUT2D eigenvalue weighted by Gasteiger charge is 2.44. The molecule has 2 bridgehead atoms. The first-order chi connectivity index (χ1) is 21.2. The van der Waals surface area contributed by atoms with Gasteiger partial charge in [-0.3, -0.25) is 4.79 Å². The Kier molecular flexibility index (Phi) is 9.30. The average molecular weight is 643 g/mol. The molecular weight excluding hydrogens is 600 g/mol. The van der Waals surface area contributed by atoms with Crippen LogP contribution < -0.4 is 14.4 Å². The molecule has 8 nitrogen and oxygen atoms in total. The van der Waals surface area contributed by atoms with Gasteiger partial charge in [-0.25, -0.2) is 13.1 Å². The number of hydrogen-bond donors (Lipinski definition) is 1. The van der Waals surface area contributed by atoms with E-state index in [-0.39, 0.29) is 23.2 Å². The molecule has 238 valence electrons. The molecule has 0 radical (unpaired) electrons. The summed E-state index contributed by atoms with van der Waals surface area (Å²) in [5, 5.41) is 0.744. The molecule has 0 saturated heterocycles. The van der Waals surface area contributed by atoms with Crippen molar-refractivity contribution in [1.82, 2.24) is 4.72 Å². The van der Waals surface area contributed by atoms with Crippen LogP contribution in [0, 0.1) is 17.8 Å². The topological polar surface area (TPSA) is 94.2 Å².